The van der Waals surface area contributed by atoms with Crippen LogP contribution in [-0.4, -0.2) is 0 Å². The Balaban J connectivity index is 2.08. The van der Waals surface area contributed by atoms with Crippen LogP contribution >= 0.6 is 43.5 Å². The maximum Gasteiger partial charge on any atom is 0.133 e. The Bertz CT molecular complexity index is 842. The van der Waals surface area contributed by atoms with Crippen molar-refractivity contribution in [3.63, 3.8) is 0 Å². The van der Waals surface area contributed by atoms with Gasteiger partial charge in [0.2, 0.25) is 0 Å². The fourth-order valence-electron chi connectivity index (χ4n) is 2.96. The van der Waals surface area contributed by atoms with Crippen molar-refractivity contribution in [2.45, 2.75) is 4.87 Å². The lowest BCUT2D eigenvalue weighted by Crippen LogP contribution is -2.26. The van der Waals surface area contributed by atoms with Crippen molar-refractivity contribution in [2.75, 3.05) is 0 Å². The summed E-state index contributed by atoms with van der Waals surface area (Å²) in [7, 11) is 0. The molecule has 0 bridgehead atoms. The van der Waals surface area contributed by atoms with E-state index in [1.54, 1.807) is 0 Å². The first-order chi connectivity index (χ1) is 11.1. The van der Waals surface area contributed by atoms with Crippen molar-refractivity contribution >= 4 is 43.5 Å². The number of hydrogen-bond donors (Lipinski definition) is 0. The molecule has 4 heteroatoms. The van der Waals surface area contributed by atoms with Crippen molar-refractivity contribution in [2.24, 2.45) is 0 Å². The molecule has 0 unspecified atom stereocenters. The number of hydrogen-bond acceptors (Lipinski definition) is 1. The van der Waals surface area contributed by atoms with Gasteiger partial charge in [0, 0.05) is 20.1 Å². The number of fused-ring (bicyclic) bond motifs is 2. The van der Waals surface area contributed by atoms with Crippen LogP contribution in [0.4, 0.5) is 0 Å². The van der Waals surface area contributed by atoms with E-state index in [0.717, 1.165) is 37.1 Å². The highest BCUT2D eigenvalue weighted by Gasteiger charge is 2.42. The Labute approximate surface area is 156 Å². The third-order valence-corrected chi connectivity index (χ3v) is 5.63. The summed E-state index contributed by atoms with van der Waals surface area (Å²) in [6.45, 7) is 0. The Morgan fingerprint density at radius 2 is 1.26 bits per heavy atom. The van der Waals surface area contributed by atoms with Crippen LogP contribution in [0, 0.1) is 0 Å². The topological polar surface area (TPSA) is 9.23 Å². The normalized spacial score (nSPS) is 14.6. The summed E-state index contributed by atoms with van der Waals surface area (Å²) in [4.78, 5) is -0.794. The zero-order chi connectivity index (χ0) is 16.0. The van der Waals surface area contributed by atoms with Gasteiger partial charge in [0.15, 0.2) is 0 Å². The van der Waals surface area contributed by atoms with E-state index in [1.807, 2.05) is 66.7 Å². The molecule has 1 heterocycles. The minimum atomic E-state index is -0.794. The van der Waals surface area contributed by atoms with Crippen LogP contribution in [0.1, 0.15) is 16.7 Å². The molecule has 0 N–H and O–H groups in total. The fraction of sp³-hybridized carbons (Fsp3) is 0.0526. The van der Waals surface area contributed by atoms with Crippen LogP contribution in [0.25, 0.3) is 0 Å². The van der Waals surface area contributed by atoms with Gasteiger partial charge in [-0.2, -0.15) is 0 Å². The van der Waals surface area contributed by atoms with E-state index in [0.29, 0.717) is 0 Å². The summed E-state index contributed by atoms with van der Waals surface area (Å²) in [6, 6.07) is 22.0. The summed E-state index contributed by atoms with van der Waals surface area (Å²) in [5.41, 5.74) is 2.89. The SMILES string of the molecule is ClC1(c2ccccc2)c2cc(Br)ccc2Oc2ccc(Br)cc21. The second kappa shape index (κ2) is 5.66. The van der Waals surface area contributed by atoms with E-state index >= 15 is 0 Å². The van der Waals surface area contributed by atoms with E-state index in [2.05, 4.69) is 31.9 Å². The monoisotopic (exact) mass is 448 g/mol. The van der Waals surface area contributed by atoms with E-state index < -0.39 is 4.87 Å². The van der Waals surface area contributed by atoms with Gasteiger partial charge in [-0.25, -0.2) is 0 Å². The largest absolute Gasteiger partial charge is 0.457 e. The lowest BCUT2D eigenvalue weighted by Gasteiger charge is -2.36. The summed E-state index contributed by atoms with van der Waals surface area (Å²) in [5.74, 6) is 1.56. The molecule has 4 rings (SSSR count). The first-order valence-corrected chi connectivity index (χ1v) is 9.08. The molecule has 0 aliphatic carbocycles. The fourth-order valence-corrected chi connectivity index (χ4v) is 4.11. The third kappa shape index (κ3) is 2.42. The molecule has 3 aromatic rings. The number of alkyl halides is 1. The van der Waals surface area contributed by atoms with Crippen LogP contribution < -0.4 is 4.74 Å². The second-order valence-corrected chi connectivity index (χ2v) is 7.81. The third-order valence-electron chi connectivity index (χ3n) is 4.02. The van der Waals surface area contributed by atoms with Crippen molar-refractivity contribution in [1.82, 2.24) is 0 Å². The first kappa shape index (κ1) is 15.3. The van der Waals surface area contributed by atoms with Crippen molar-refractivity contribution in [3.8, 4) is 11.5 Å². The van der Waals surface area contributed by atoms with Crippen LogP contribution in [0.2, 0.25) is 0 Å². The lowest BCUT2D eigenvalue weighted by atomic mass is 9.82. The van der Waals surface area contributed by atoms with E-state index in [-0.39, 0.29) is 0 Å². The maximum atomic E-state index is 7.28. The molecule has 1 aliphatic rings. The standard InChI is InChI=1S/C19H11Br2ClO/c20-13-6-8-17-15(10-13)19(22,12-4-2-1-3-5-12)16-11-14(21)7-9-18(16)23-17/h1-11H. The number of rotatable bonds is 1. The molecular weight excluding hydrogens is 439 g/mol. The minimum Gasteiger partial charge on any atom is -0.457 e. The van der Waals surface area contributed by atoms with Gasteiger partial charge in [0.25, 0.3) is 0 Å². The lowest BCUT2D eigenvalue weighted by molar-refractivity contribution is 0.445. The van der Waals surface area contributed by atoms with Gasteiger partial charge in [0.1, 0.15) is 16.4 Å². The molecule has 1 nitrogen and oxygen atoms in total. The number of ether oxygens (including phenoxy) is 1. The molecule has 0 amide bonds. The Morgan fingerprint density at radius 1 is 0.739 bits per heavy atom. The van der Waals surface area contributed by atoms with Gasteiger partial charge in [-0.3, -0.25) is 0 Å². The molecule has 1 aliphatic heterocycles. The molecule has 0 radical (unpaired) electrons. The summed E-state index contributed by atoms with van der Waals surface area (Å²) in [6.07, 6.45) is 0. The van der Waals surface area contributed by atoms with E-state index in [4.69, 9.17) is 16.3 Å². The van der Waals surface area contributed by atoms with Gasteiger partial charge in [-0.05, 0) is 42.0 Å². The molecule has 0 saturated carbocycles. The molecule has 0 atom stereocenters. The minimum absolute atomic E-state index is 0.780. The van der Waals surface area contributed by atoms with Gasteiger partial charge < -0.3 is 4.74 Å². The molecule has 23 heavy (non-hydrogen) atoms. The second-order valence-electron chi connectivity index (χ2n) is 5.41. The van der Waals surface area contributed by atoms with Crippen molar-refractivity contribution < 1.29 is 4.74 Å². The van der Waals surface area contributed by atoms with Crippen molar-refractivity contribution in [3.05, 3.63) is 92.4 Å². The van der Waals surface area contributed by atoms with Gasteiger partial charge in [-0.1, -0.05) is 62.2 Å². The quantitative estimate of drug-likeness (QED) is 0.369. The number of halogens is 3. The average Bonchev–Trinajstić information content (AvgIpc) is 2.57. The molecule has 0 fully saturated rings. The highest BCUT2D eigenvalue weighted by Crippen LogP contribution is 2.55. The summed E-state index contributed by atoms with van der Waals surface area (Å²) >= 11 is 14.4. The predicted octanol–water partition coefficient (Wildman–Crippen LogP) is 6.85. The van der Waals surface area contributed by atoms with Crippen LogP contribution in [0.5, 0.6) is 11.5 Å². The van der Waals surface area contributed by atoms with Gasteiger partial charge in [0.05, 0.1) is 0 Å². The predicted molar refractivity (Wildman–Crippen MR) is 101 cm³/mol. The highest BCUT2D eigenvalue weighted by atomic mass is 79.9. The Morgan fingerprint density at radius 3 is 1.78 bits per heavy atom. The average molecular weight is 451 g/mol. The van der Waals surface area contributed by atoms with Crippen molar-refractivity contribution in [1.29, 1.82) is 0 Å². The van der Waals surface area contributed by atoms with Crippen LogP contribution in [0.15, 0.2) is 75.7 Å². The summed E-state index contributed by atoms with van der Waals surface area (Å²) in [5, 5.41) is 0. The van der Waals surface area contributed by atoms with Gasteiger partial charge in [-0.15, -0.1) is 11.6 Å². The highest BCUT2D eigenvalue weighted by molar-refractivity contribution is 9.10. The molecule has 114 valence electrons. The zero-order valence-electron chi connectivity index (χ0n) is 11.9. The first-order valence-electron chi connectivity index (χ1n) is 7.11. The maximum absolute atomic E-state index is 7.28. The number of benzene rings is 3. The summed E-state index contributed by atoms with van der Waals surface area (Å²) < 4.78 is 8.02. The Kier molecular flexibility index (Phi) is 3.75. The van der Waals surface area contributed by atoms with E-state index in [1.165, 1.54) is 0 Å². The van der Waals surface area contributed by atoms with Crippen LogP contribution in [0.3, 0.4) is 0 Å². The van der Waals surface area contributed by atoms with E-state index in [9.17, 15) is 0 Å². The Hall–Kier alpha value is -1.29. The zero-order valence-corrected chi connectivity index (χ0v) is 15.8. The molecule has 0 aromatic heterocycles. The molecular formula is C19H11Br2ClO. The molecule has 0 spiro atoms. The van der Waals surface area contributed by atoms with Gasteiger partial charge >= 0.3 is 0 Å². The van der Waals surface area contributed by atoms with Crippen LogP contribution in [-0.2, 0) is 4.87 Å². The smallest absolute Gasteiger partial charge is 0.133 e. The molecule has 0 saturated heterocycles. The molecule has 3 aromatic carbocycles.